The van der Waals surface area contributed by atoms with Gasteiger partial charge in [0.2, 0.25) is 0 Å². The Kier molecular flexibility index (Phi) is 4.13. The molecule has 0 bridgehead atoms. The first kappa shape index (κ1) is 19.1. The molecule has 0 fully saturated rings. The Labute approximate surface area is 198 Å². The zero-order valence-electron chi connectivity index (χ0n) is 19.0. The summed E-state index contributed by atoms with van der Waals surface area (Å²) in [5.74, 6) is 0. The van der Waals surface area contributed by atoms with Crippen LogP contribution in [0, 0.1) is 6.92 Å². The molecule has 7 aromatic carbocycles. The van der Waals surface area contributed by atoms with Crippen molar-refractivity contribution in [2.24, 2.45) is 0 Å². The van der Waals surface area contributed by atoms with Crippen LogP contribution in [-0.4, -0.2) is 0 Å². The Hall–Kier alpha value is -4.36. The number of anilines is 3. The van der Waals surface area contributed by atoms with Crippen LogP contribution < -0.4 is 4.90 Å². The van der Waals surface area contributed by atoms with E-state index in [1.165, 1.54) is 54.3 Å². The largest absolute Gasteiger partial charge is 0.310 e. The van der Waals surface area contributed by atoms with Crippen molar-refractivity contribution in [3.05, 3.63) is 127 Å². The van der Waals surface area contributed by atoms with Crippen molar-refractivity contribution in [1.29, 1.82) is 0 Å². The first-order valence-corrected chi connectivity index (χ1v) is 11.8. The van der Waals surface area contributed by atoms with Gasteiger partial charge in [0.05, 0.1) is 5.69 Å². The molecule has 0 aliphatic carbocycles. The molecule has 34 heavy (non-hydrogen) atoms. The van der Waals surface area contributed by atoms with Crippen molar-refractivity contribution < 1.29 is 0 Å². The van der Waals surface area contributed by atoms with Gasteiger partial charge in [-0.1, -0.05) is 91.0 Å². The fourth-order valence-corrected chi connectivity index (χ4v) is 5.63. The molecule has 0 N–H and O–H groups in total. The molecule has 0 unspecified atom stereocenters. The van der Waals surface area contributed by atoms with Gasteiger partial charge in [-0.3, -0.25) is 0 Å². The molecule has 0 amide bonds. The standard InChI is InChI=1S/C33H23N/c1-22-16-17-23-18-19-24-20-21-29(33-28-15-9-8-14-27(28)30(22)31(23)32(24)33)34(25-10-4-2-5-11-25)26-12-6-3-7-13-26/h2-21H,1H3. The van der Waals surface area contributed by atoms with Gasteiger partial charge in [0.25, 0.3) is 0 Å². The predicted molar refractivity (Wildman–Crippen MR) is 147 cm³/mol. The second kappa shape index (κ2) is 7.33. The second-order valence-corrected chi connectivity index (χ2v) is 9.03. The molecule has 0 spiro atoms. The van der Waals surface area contributed by atoms with E-state index in [1.807, 2.05) is 0 Å². The van der Waals surface area contributed by atoms with Gasteiger partial charge in [0.1, 0.15) is 0 Å². The van der Waals surface area contributed by atoms with E-state index in [9.17, 15) is 0 Å². The van der Waals surface area contributed by atoms with Crippen LogP contribution in [0.1, 0.15) is 5.56 Å². The van der Waals surface area contributed by atoms with Gasteiger partial charge in [0.15, 0.2) is 0 Å². The minimum atomic E-state index is 1.16. The monoisotopic (exact) mass is 433 g/mol. The Morgan fingerprint density at radius 3 is 1.50 bits per heavy atom. The Bertz CT molecular complexity index is 1760. The Morgan fingerprint density at radius 2 is 0.882 bits per heavy atom. The van der Waals surface area contributed by atoms with E-state index in [1.54, 1.807) is 0 Å². The Morgan fingerprint density at radius 1 is 0.412 bits per heavy atom. The maximum absolute atomic E-state index is 2.39. The van der Waals surface area contributed by atoms with E-state index in [-0.39, 0.29) is 0 Å². The van der Waals surface area contributed by atoms with Crippen LogP contribution in [0.2, 0.25) is 0 Å². The highest BCUT2D eigenvalue weighted by Crippen LogP contribution is 2.48. The van der Waals surface area contributed by atoms with E-state index in [0.717, 1.165) is 11.4 Å². The Balaban J connectivity index is 1.73. The zero-order chi connectivity index (χ0) is 22.6. The van der Waals surface area contributed by atoms with Gasteiger partial charge in [-0.25, -0.2) is 0 Å². The molecule has 0 radical (unpaired) electrons. The summed E-state index contributed by atoms with van der Waals surface area (Å²) in [4.78, 5) is 2.39. The normalized spacial score (nSPS) is 11.7. The van der Waals surface area contributed by atoms with Crippen molar-refractivity contribution in [2.75, 3.05) is 4.90 Å². The molecular formula is C33H23N. The lowest BCUT2D eigenvalue weighted by Gasteiger charge is -2.28. The molecule has 160 valence electrons. The average Bonchev–Trinajstić information content (AvgIpc) is 2.90. The molecule has 7 aromatic rings. The zero-order valence-corrected chi connectivity index (χ0v) is 19.0. The van der Waals surface area contributed by atoms with E-state index in [2.05, 4.69) is 133 Å². The molecule has 0 aliphatic heterocycles. The van der Waals surface area contributed by atoms with E-state index < -0.39 is 0 Å². The maximum atomic E-state index is 2.39. The number of rotatable bonds is 3. The minimum Gasteiger partial charge on any atom is -0.310 e. The molecule has 7 rings (SSSR count). The SMILES string of the molecule is Cc1ccc2ccc3ccc(N(c4ccccc4)c4ccccc4)c4c5ccccc5c1c2c34. The van der Waals surface area contributed by atoms with Gasteiger partial charge in [0, 0.05) is 22.1 Å². The van der Waals surface area contributed by atoms with Crippen LogP contribution in [0.3, 0.4) is 0 Å². The van der Waals surface area contributed by atoms with Crippen LogP contribution in [0.15, 0.2) is 121 Å². The number of para-hydroxylation sites is 2. The highest BCUT2D eigenvalue weighted by Gasteiger charge is 2.21. The molecule has 0 saturated carbocycles. The third kappa shape index (κ3) is 2.67. The van der Waals surface area contributed by atoms with Crippen molar-refractivity contribution in [2.45, 2.75) is 6.92 Å². The summed E-state index contributed by atoms with van der Waals surface area (Å²) in [6, 6.07) is 43.9. The molecule has 0 aliphatic rings. The molecule has 0 aromatic heterocycles. The lowest BCUT2D eigenvalue weighted by Crippen LogP contribution is -2.10. The van der Waals surface area contributed by atoms with Gasteiger partial charge < -0.3 is 4.90 Å². The quantitative estimate of drug-likeness (QED) is 0.198. The van der Waals surface area contributed by atoms with Crippen LogP contribution in [0.5, 0.6) is 0 Å². The predicted octanol–water partition coefficient (Wildman–Crippen LogP) is 9.52. The lowest BCUT2D eigenvalue weighted by atomic mass is 9.86. The molecule has 0 heterocycles. The fourth-order valence-electron chi connectivity index (χ4n) is 5.63. The van der Waals surface area contributed by atoms with Crippen LogP contribution in [0.25, 0.3) is 43.1 Å². The summed E-state index contributed by atoms with van der Waals surface area (Å²) in [6.07, 6.45) is 0. The number of hydrogen-bond donors (Lipinski definition) is 0. The maximum Gasteiger partial charge on any atom is 0.0546 e. The molecule has 1 nitrogen and oxygen atoms in total. The minimum absolute atomic E-state index is 1.16. The molecule has 0 atom stereocenters. The molecular weight excluding hydrogens is 410 g/mol. The average molecular weight is 434 g/mol. The van der Waals surface area contributed by atoms with Crippen LogP contribution in [-0.2, 0) is 0 Å². The van der Waals surface area contributed by atoms with Crippen LogP contribution >= 0.6 is 0 Å². The summed E-state index contributed by atoms with van der Waals surface area (Å²) < 4.78 is 0. The summed E-state index contributed by atoms with van der Waals surface area (Å²) in [6.45, 7) is 2.24. The lowest BCUT2D eigenvalue weighted by molar-refractivity contribution is 1.30. The topological polar surface area (TPSA) is 3.24 Å². The van der Waals surface area contributed by atoms with Crippen molar-refractivity contribution >= 4 is 60.2 Å². The number of hydrogen-bond acceptors (Lipinski definition) is 1. The van der Waals surface area contributed by atoms with E-state index in [0.29, 0.717) is 0 Å². The fraction of sp³-hybridized carbons (Fsp3) is 0.0303. The van der Waals surface area contributed by atoms with Gasteiger partial charge in [-0.2, -0.15) is 0 Å². The smallest absolute Gasteiger partial charge is 0.0546 e. The summed E-state index contributed by atoms with van der Waals surface area (Å²) in [5.41, 5.74) is 4.84. The molecule has 0 saturated heterocycles. The number of fused-ring (bicyclic) bond motifs is 3. The first-order chi connectivity index (χ1) is 16.8. The highest BCUT2D eigenvalue weighted by atomic mass is 15.1. The van der Waals surface area contributed by atoms with Gasteiger partial charge in [-0.15, -0.1) is 0 Å². The summed E-state index contributed by atoms with van der Waals surface area (Å²) >= 11 is 0. The molecule has 1 heteroatoms. The number of benzene rings is 7. The first-order valence-electron chi connectivity index (χ1n) is 11.8. The van der Waals surface area contributed by atoms with E-state index >= 15 is 0 Å². The highest BCUT2D eigenvalue weighted by molar-refractivity contribution is 6.36. The summed E-state index contributed by atoms with van der Waals surface area (Å²) in [5, 5.41) is 10.6. The van der Waals surface area contributed by atoms with Gasteiger partial charge >= 0.3 is 0 Å². The van der Waals surface area contributed by atoms with Crippen molar-refractivity contribution in [3.63, 3.8) is 0 Å². The number of aryl methyl sites for hydroxylation is 1. The van der Waals surface area contributed by atoms with Crippen molar-refractivity contribution in [3.8, 4) is 0 Å². The van der Waals surface area contributed by atoms with Crippen LogP contribution in [0.4, 0.5) is 17.1 Å². The van der Waals surface area contributed by atoms with E-state index in [4.69, 9.17) is 0 Å². The number of nitrogens with zero attached hydrogens (tertiary/aromatic N) is 1. The second-order valence-electron chi connectivity index (χ2n) is 9.03. The summed E-state index contributed by atoms with van der Waals surface area (Å²) in [7, 11) is 0. The third-order valence-corrected chi connectivity index (χ3v) is 7.09. The third-order valence-electron chi connectivity index (χ3n) is 7.09. The van der Waals surface area contributed by atoms with Gasteiger partial charge in [-0.05, 0) is 75.1 Å². The van der Waals surface area contributed by atoms with Crippen molar-refractivity contribution in [1.82, 2.24) is 0 Å².